The number of carbonyl (C=O) groups excluding carboxylic acids is 4. The van der Waals surface area contributed by atoms with Crippen LogP contribution in [0.3, 0.4) is 0 Å². The molecule has 10 nitrogen and oxygen atoms in total. The smallest absolute Gasteiger partial charge is 0.408 e. The molecule has 0 spiro atoms. The van der Waals surface area contributed by atoms with Crippen molar-refractivity contribution in [3.8, 4) is 5.75 Å². The second-order valence-corrected chi connectivity index (χ2v) is 11.3. The van der Waals surface area contributed by atoms with Gasteiger partial charge in [0.2, 0.25) is 17.7 Å². The number of nitrogens with two attached hydrogens (primary N) is 1. The molecule has 0 radical (unpaired) electrons. The Labute approximate surface area is 212 Å². The molecule has 0 heterocycles. The molecule has 1 aliphatic carbocycles. The minimum Gasteiger partial charge on any atom is -0.508 e. The highest BCUT2D eigenvalue weighted by molar-refractivity contribution is 5.93. The lowest BCUT2D eigenvalue weighted by molar-refractivity contribution is -0.148. The van der Waals surface area contributed by atoms with Crippen LogP contribution in [-0.2, 0) is 19.1 Å². The van der Waals surface area contributed by atoms with Crippen LogP contribution in [0.1, 0.15) is 85.3 Å². The van der Waals surface area contributed by atoms with Crippen LogP contribution in [0, 0.1) is 0 Å². The second kappa shape index (κ2) is 11.6. The molecule has 0 saturated heterocycles. The Morgan fingerprint density at radius 3 is 2.11 bits per heavy atom. The molecule has 2 unspecified atom stereocenters. The lowest BCUT2D eigenvalue weighted by Gasteiger charge is -2.44. The Kier molecular flexibility index (Phi) is 9.34. The van der Waals surface area contributed by atoms with Crippen LogP contribution in [0.4, 0.5) is 4.79 Å². The highest BCUT2D eigenvalue weighted by Gasteiger charge is 2.42. The van der Waals surface area contributed by atoms with E-state index >= 15 is 0 Å². The Morgan fingerprint density at radius 1 is 1.08 bits per heavy atom. The van der Waals surface area contributed by atoms with Crippen LogP contribution >= 0.6 is 0 Å². The van der Waals surface area contributed by atoms with Crippen LogP contribution in [0.25, 0.3) is 0 Å². The van der Waals surface area contributed by atoms with E-state index in [1.54, 1.807) is 32.9 Å². The van der Waals surface area contributed by atoms with Crippen molar-refractivity contribution in [1.82, 2.24) is 15.5 Å². The molecular formula is C26H40N4O6. The van der Waals surface area contributed by atoms with Crippen molar-refractivity contribution < 1.29 is 29.0 Å². The van der Waals surface area contributed by atoms with E-state index in [9.17, 15) is 24.3 Å². The molecule has 5 N–H and O–H groups in total. The number of carbonyl (C=O) groups is 4. The molecule has 1 aromatic carbocycles. The van der Waals surface area contributed by atoms with Crippen LogP contribution in [-0.4, -0.2) is 57.0 Å². The van der Waals surface area contributed by atoms with Crippen molar-refractivity contribution in [1.29, 1.82) is 0 Å². The predicted molar refractivity (Wildman–Crippen MR) is 135 cm³/mol. The third-order valence-corrected chi connectivity index (χ3v) is 5.62. The molecular weight excluding hydrogens is 464 g/mol. The Hall–Kier alpha value is -3.30. The zero-order chi connectivity index (χ0) is 27.3. The van der Waals surface area contributed by atoms with Crippen molar-refractivity contribution in [2.24, 2.45) is 5.73 Å². The molecule has 4 amide bonds. The van der Waals surface area contributed by atoms with Gasteiger partial charge in [0.1, 0.15) is 23.4 Å². The van der Waals surface area contributed by atoms with E-state index in [2.05, 4.69) is 10.6 Å². The lowest BCUT2D eigenvalue weighted by Crippen LogP contribution is -2.58. The molecule has 0 aromatic heterocycles. The van der Waals surface area contributed by atoms with Gasteiger partial charge >= 0.3 is 6.09 Å². The lowest BCUT2D eigenvalue weighted by atomic mass is 9.87. The molecule has 1 aromatic rings. The molecule has 200 valence electrons. The summed E-state index contributed by atoms with van der Waals surface area (Å²) >= 11 is 0. The largest absolute Gasteiger partial charge is 0.508 e. The fourth-order valence-corrected chi connectivity index (χ4v) is 3.89. The minimum atomic E-state index is -1.13. The number of rotatable bonds is 9. The number of primary amides is 1. The minimum absolute atomic E-state index is 0.0289. The van der Waals surface area contributed by atoms with Crippen LogP contribution < -0.4 is 16.4 Å². The van der Waals surface area contributed by atoms with Crippen LogP contribution in [0.15, 0.2) is 24.3 Å². The summed E-state index contributed by atoms with van der Waals surface area (Å²) in [5, 5.41) is 15.3. The normalized spacial score (nSPS) is 15.7. The summed E-state index contributed by atoms with van der Waals surface area (Å²) in [5.41, 5.74) is 4.48. The van der Waals surface area contributed by atoms with Crippen molar-refractivity contribution in [2.45, 2.75) is 103 Å². The first-order valence-electron chi connectivity index (χ1n) is 12.3. The number of amides is 4. The maximum Gasteiger partial charge on any atom is 0.408 e. The van der Waals surface area contributed by atoms with Gasteiger partial charge in [0.05, 0.1) is 0 Å². The molecule has 10 heteroatoms. The molecule has 0 aliphatic heterocycles. The monoisotopic (exact) mass is 504 g/mol. The number of hydrogen-bond donors (Lipinski definition) is 4. The first-order chi connectivity index (χ1) is 16.6. The molecule has 36 heavy (non-hydrogen) atoms. The number of phenols is 1. The summed E-state index contributed by atoms with van der Waals surface area (Å²) < 4.78 is 5.33. The van der Waals surface area contributed by atoms with Gasteiger partial charge in [0, 0.05) is 18.0 Å². The standard InChI is InChI=1S/C26H40N4O6/c1-25(2,3)29-22(33)21(16-10-12-18(31)13-11-16)30(17-8-7-9-17)23(34)19(14-15-20(27)32)28-24(35)36-26(4,5)6/h10-13,17,19,21,31H,7-9,14-15H2,1-6H3,(H2,27,32)(H,28,35)(H,29,33). The molecule has 2 atom stereocenters. The fourth-order valence-electron chi connectivity index (χ4n) is 3.89. The number of nitrogens with zero attached hydrogens (tertiary/aromatic N) is 1. The topological polar surface area (TPSA) is 151 Å². The summed E-state index contributed by atoms with van der Waals surface area (Å²) in [7, 11) is 0. The van der Waals surface area contributed by atoms with Crippen LogP contribution in [0.2, 0.25) is 0 Å². The number of benzene rings is 1. The fraction of sp³-hybridized carbons (Fsp3) is 0.615. The van der Waals surface area contributed by atoms with Gasteiger partial charge in [0.15, 0.2) is 0 Å². The van der Waals surface area contributed by atoms with Crippen molar-refractivity contribution >= 4 is 23.8 Å². The van der Waals surface area contributed by atoms with Crippen molar-refractivity contribution in [3.05, 3.63) is 29.8 Å². The number of ether oxygens (including phenoxy) is 1. The van der Waals surface area contributed by atoms with E-state index < -0.39 is 41.1 Å². The maximum absolute atomic E-state index is 14.0. The van der Waals surface area contributed by atoms with Crippen LogP contribution in [0.5, 0.6) is 5.75 Å². The number of hydrogen-bond acceptors (Lipinski definition) is 6. The Morgan fingerprint density at radius 2 is 1.67 bits per heavy atom. The van der Waals surface area contributed by atoms with Gasteiger partial charge in [0.25, 0.3) is 0 Å². The molecule has 1 fully saturated rings. The number of phenolic OH excluding ortho intramolecular Hbond substituents is 1. The third-order valence-electron chi connectivity index (χ3n) is 5.62. The molecule has 1 aliphatic rings. The zero-order valence-corrected chi connectivity index (χ0v) is 22.1. The van der Waals surface area contributed by atoms with Gasteiger partial charge in [-0.15, -0.1) is 0 Å². The van der Waals surface area contributed by atoms with Gasteiger partial charge in [-0.3, -0.25) is 14.4 Å². The summed E-state index contributed by atoms with van der Waals surface area (Å²) in [5.74, 6) is -1.48. The molecule has 0 bridgehead atoms. The summed E-state index contributed by atoms with van der Waals surface area (Å²) in [6.45, 7) is 10.6. The first kappa shape index (κ1) is 28.9. The average molecular weight is 505 g/mol. The highest BCUT2D eigenvalue weighted by Crippen LogP contribution is 2.34. The van der Waals surface area contributed by atoms with Gasteiger partial charge in [-0.1, -0.05) is 12.1 Å². The average Bonchev–Trinajstić information content (AvgIpc) is 2.67. The summed E-state index contributed by atoms with van der Waals surface area (Å²) in [6.07, 6.45) is 1.29. The van der Waals surface area contributed by atoms with E-state index in [-0.39, 0.29) is 30.5 Å². The maximum atomic E-state index is 14.0. The highest BCUT2D eigenvalue weighted by atomic mass is 16.6. The predicted octanol–water partition coefficient (Wildman–Crippen LogP) is 2.89. The summed E-state index contributed by atoms with van der Waals surface area (Å²) in [6, 6.07) is 3.73. The second-order valence-electron chi connectivity index (χ2n) is 11.3. The summed E-state index contributed by atoms with van der Waals surface area (Å²) in [4.78, 5) is 53.2. The van der Waals surface area contributed by atoms with Gasteiger partial charge < -0.3 is 31.1 Å². The van der Waals surface area contributed by atoms with Crippen molar-refractivity contribution in [2.75, 3.05) is 0 Å². The third kappa shape index (κ3) is 8.73. The first-order valence-corrected chi connectivity index (χ1v) is 12.3. The molecule has 2 rings (SSSR count). The van der Waals surface area contributed by atoms with E-state index in [1.165, 1.54) is 17.0 Å². The Bertz CT molecular complexity index is 945. The zero-order valence-electron chi connectivity index (χ0n) is 22.1. The number of aromatic hydroxyl groups is 1. The Balaban J connectivity index is 2.49. The van der Waals surface area contributed by atoms with Gasteiger partial charge in [-0.05, 0) is 84.9 Å². The number of alkyl carbamates (subject to hydrolysis) is 1. The van der Waals surface area contributed by atoms with E-state index in [0.717, 1.165) is 6.42 Å². The quantitative estimate of drug-likeness (QED) is 0.406. The van der Waals surface area contributed by atoms with E-state index in [4.69, 9.17) is 10.5 Å². The van der Waals surface area contributed by atoms with E-state index in [0.29, 0.717) is 18.4 Å². The van der Waals surface area contributed by atoms with Gasteiger partial charge in [-0.25, -0.2) is 4.79 Å². The van der Waals surface area contributed by atoms with E-state index in [1.807, 2.05) is 20.8 Å². The van der Waals surface area contributed by atoms with Crippen molar-refractivity contribution in [3.63, 3.8) is 0 Å². The molecule has 1 saturated carbocycles. The SMILES string of the molecule is CC(C)(C)NC(=O)C(c1ccc(O)cc1)N(C(=O)C(CCC(N)=O)NC(=O)OC(C)(C)C)C1CCC1. The number of nitrogens with one attached hydrogen (secondary N) is 2. The van der Waals surface area contributed by atoms with Gasteiger partial charge in [-0.2, -0.15) is 0 Å².